The maximum Gasteiger partial charge on any atom is 0.270 e. The highest BCUT2D eigenvalue weighted by molar-refractivity contribution is 7.93. The lowest BCUT2D eigenvalue weighted by Gasteiger charge is -2.37. The van der Waals surface area contributed by atoms with Gasteiger partial charge in [-0.15, -0.1) is 0 Å². The first-order chi connectivity index (χ1) is 20.5. The number of piperidine rings is 1. The number of H-pyrrole nitrogens is 1. The number of aromatic amines is 1. The number of anilines is 3. The predicted octanol–water partition coefficient (Wildman–Crippen LogP) is 5.05. The van der Waals surface area contributed by atoms with E-state index in [4.69, 9.17) is 18.7 Å². The molecule has 0 radical (unpaired) electrons. The van der Waals surface area contributed by atoms with E-state index in [0.29, 0.717) is 28.6 Å². The highest BCUT2D eigenvalue weighted by Crippen LogP contribution is 2.45. The Bertz CT molecular complexity index is 1750. The van der Waals surface area contributed by atoms with Crippen molar-refractivity contribution in [2.75, 3.05) is 51.5 Å². The van der Waals surface area contributed by atoms with Crippen LogP contribution in [0.5, 0.6) is 17.2 Å². The SMILES string of the molecule is COc1cc2c(NS(=O)(=O)c3c(OC)cc([C@@H]4CN(C)CCC4(F)F)cc3OC)noc2cc1Nc1cc(C2CC2)[nH]n1. The summed E-state index contributed by atoms with van der Waals surface area (Å²) in [6.45, 7) is 0.349. The van der Waals surface area contributed by atoms with E-state index in [9.17, 15) is 17.2 Å². The first-order valence-corrected chi connectivity index (χ1v) is 15.2. The number of hydrogen-bond donors (Lipinski definition) is 3. The largest absolute Gasteiger partial charge is 0.495 e. The Labute approximate surface area is 246 Å². The monoisotopic (exact) mass is 618 g/mol. The molecule has 2 fully saturated rings. The number of alkyl halides is 2. The molecule has 1 saturated heterocycles. The van der Waals surface area contributed by atoms with Crippen molar-refractivity contribution in [2.24, 2.45) is 0 Å². The van der Waals surface area contributed by atoms with Gasteiger partial charge in [0.25, 0.3) is 15.9 Å². The van der Waals surface area contributed by atoms with Crippen molar-refractivity contribution in [1.29, 1.82) is 0 Å². The number of fused-ring (bicyclic) bond motifs is 1. The van der Waals surface area contributed by atoms with Crippen molar-refractivity contribution in [3.63, 3.8) is 0 Å². The maximum absolute atomic E-state index is 14.9. The number of rotatable bonds is 10. The second-order valence-electron chi connectivity index (χ2n) is 10.9. The summed E-state index contributed by atoms with van der Waals surface area (Å²) in [7, 11) is 1.36. The number of halogens is 2. The zero-order valence-electron chi connectivity index (χ0n) is 24.0. The van der Waals surface area contributed by atoms with E-state index < -0.39 is 21.9 Å². The Morgan fingerprint density at radius 2 is 1.74 bits per heavy atom. The number of nitrogens with zero attached hydrogens (tertiary/aromatic N) is 3. The Kier molecular flexibility index (Phi) is 7.32. The number of benzene rings is 2. The van der Waals surface area contributed by atoms with Gasteiger partial charge in [-0.05, 0) is 43.7 Å². The minimum absolute atomic E-state index is 0.0924. The molecule has 0 bridgehead atoms. The third-order valence-corrected chi connectivity index (χ3v) is 9.29. The smallest absolute Gasteiger partial charge is 0.270 e. The second kappa shape index (κ2) is 10.9. The van der Waals surface area contributed by atoms with Crippen molar-refractivity contribution in [1.82, 2.24) is 20.3 Å². The van der Waals surface area contributed by atoms with E-state index in [1.54, 1.807) is 24.1 Å². The fourth-order valence-corrected chi connectivity index (χ4v) is 6.71. The topological polar surface area (TPSA) is 144 Å². The molecule has 15 heteroatoms. The average molecular weight is 619 g/mol. The number of ether oxygens (including phenoxy) is 3. The second-order valence-corrected chi connectivity index (χ2v) is 12.5. The Balaban J connectivity index is 1.32. The zero-order valence-corrected chi connectivity index (χ0v) is 24.8. The minimum atomic E-state index is -4.42. The van der Waals surface area contributed by atoms with Crippen molar-refractivity contribution in [3.8, 4) is 17.2 Å². The van der Waals surface area contributed by atoms with Crippen LogP contribution in [0.25, 0.3) is 11.0 Å². The molecule has 0 amide bonds. The van der Waals surface area contributed by atoms with Crippen LogP contribution in [0.1, 0.15) is 42.4 Å². The van der Waals surface area contributed by atoms with Crippen molar-refractivity contribution in [3.05, 3.63) is 41.6 Å². The Morgan fingerprint density at radius 1 is 1.05 bits per heavy atom. The predicted molar refractivity (Wildman–Crippen MR) is 155 cm³/mol. The van der Waals surface area contributed by atoms with Crippen LogP contribution >= 0.6 is 0 Å². The molecule has 1 atom stereocenters. The lowest BCUT2D eigenvalue weighted by atomic mass is 9.87. The quantitative estimate of drug-likeness (QED) is 0.221. The highest BCUT2D eigenvalue weighted by Gasteiger charge is 2.45. The molecule has 1 aliphatic carbocycles. The van der Waals surface area contributed by atoms with E-state index in [1.807, 2.05) is 6.07 Å². The van der Waals surface area contributed by atoms with Crippen LogP contribution in [0.2, 0.25) is 0 Å². The minimum Gasteiger partial charge on any atom is -0.495 e. The van der Waals surface area contributed by atoms with Gasteiger partial charge in [-0.3, -0.25) is 9.82 Å². The number of hydrogen-bond acceptors (Lipinski definition) is 10. The summed E-state index contributed by atoms with van der Waals surface area (Å²) >= 11 is 0. The van der Waals surface area contributed by atoms with Crippen LogP contribution < -0.4 is 24.2 Å². The summed E-state index contributed by atoms with van der Waals surface area (Å²) in [4.78, 5) is 1.44. The van der Waals surface area contributed by atoms with Gasteiger partial charge in [0.05, 0.1) is 38.3 Å². The lowest BCUT2D eigenvalue weighted by molar-refractivity contribution is -0.0713. The van der Waals surface area contributed by atoms with Crippen LogP contribution in [0.15, 0.2) is 39.8 Å². The van der Waals surface area contributed by atoms with E-state index in [1.165, 1.54) is 33.5 Å². The van der Waals surface area contributed by atoms with Gasteiger partial charge in [0, 0.05) is 43.3 Å². The fourth-order valence-electron chi connectivity index (χ4n) is 5.39. The summed E-state index contributed by atoms with van der Waals surface area (Å²) < 4.78 is 81.5. The highest BCUT2D eigenvalue weighted by atomic mass is 32.2. The van der Waals surface area contributed by atoms with Gasteiger partial charge in [-0.2, -0.15) is 5.10 Å². The molecule has 230 valence electrons. The number of aromatic nitrogens is 3. The molecular weight excluding hydrogens is 586 g/mol. The van der Waals surface area contributed by atoms with Crippen molar-refractivity contribution >= 4 is 38.3 Å². The number of likely N-dealkylation sites (tertiary alicyclic amines) is 1. The van der Waals surface area contributed by atoms with Gasteiger partial charge in [-0.25, -0.2) is 17.2 Å². The molecule has 6 rings (SSSR count). The fraction of sp³-hybridized carbons (Fsp3) is 0.429. The van der Waals surface area contributed by atoms with Crippen LogP contribution in [0.3, 0.4) is 0 Å². The lowest BCUT2D eigenvalue weighted by Crippen LogP contribution is -2.43. The van der Waals surface area contributed by atoms with Crippen LogP contribution in [-0.4, -0.2) is 76.1 Å². The van der Waals surface area contributed by atoms with Crippen LogP contribution in [0, 0.1) is 0 Å². The summed E-state index contributed by atoms with van der Waals surface area (Å²) in [6.07, 6.45) is 1.94. The van der Waals surface area contributed by atoms with E-state index in [2.05, 4.69) is 25.4 Å². The maximum atomic E-state index is 14.9. The van der Waals surface area contributed by atoms with Crippen molar-refractivity contribution in [2.45, 2.75) is 41.9 Å². The third kappa shape index (κ3) is 5.54. The molecule has 43 heavy (non-hydrogen) atoms. The summed E-state index contributed by atoms with van der Waals surface area (Å²) in [5.41, 5.74) is 2.08. The van der Waals surface area contributed by atoms with E-state index in [0.717, 1.165) is 18.5 Å². The number of likely N-dealkylation sites (N-methyl/N-ethyl adjacent to an activating group) is 1. The van der Waals surface area contributed by atoms with Gasteiger partial charge in [0.2, 0.25) is 0 Å². The van der Waals surface area contributed by atoms with Gasteiger partial charge < -0.3 is 29.0 Å². The molecule has 2 aliphatic rings. The first kappa shape index (κ1) is 29.0. The third-order valence-electron chi connectivity index (χ3n) is 7.89. The van der Waals surface area contributed by atoms with Gasteiger partial charge >= 0.3 is 0 Å². The summed E-state index contributed by atoms with van der Waals surface area (Å²) in [5.74, 6) is -3.06. The Hall–Kier alpha value is -4.11. The van der Waals surface area contributed by atoms with Gasteiger partial charge in [0.1, 0.15) is 17.2 Å². The molecule has 3 heterocycles. The van der Waals surface area contributed by atoms with Gasteiger partial charge in [-0.1, -0.05) is 5.16 Å². The standard InChI is InChI=1S/C28H32F2N6O6S/c1-36-8-7-28(29,30)18(14-36)16-9-23(40-3)26(24(10-16)41-4)43(37,38)35-27-17-11-22(39-2)20(12-21(17)42-34-27)31-25-13-19(32-33-25)15-5-6-15/h9-13,15,18H,5-8,14H2,1-4H3,(H,34,35)(H2,31,32,33)/t18-/m0/s1. The molecule has 0 spiro atoms. The van der Waals surface area contributed by atoms with Crippen LogP contribution in [0.4, 0.5) is 26.1 Å². The Morgan fingerprint density at radius 3 is 2.40 bits per heavy atom. The molecule has 1 aliphatic heterocycles. The average Bonchev–Trinajstić information content (AvgIpc) is 3.62. The first-order valence-electron chi connectivity index (χ1n) is 13.7. The summed E-state index contributed by atoms with van der Waals surface area (Å²) in [6, 6.07) is 7.78. The molecule has 3 N–H and O–H groups in total. The summed E-state index contributed by atoms with van der Waals surface area (Å²) in [5, 5.41) is 14.8. The molecule has 0 unspecified atom stereocenters. The molecule has 2 aromatic carbocycles. The normalized spacial score (nSPS) is 18.9. The number of methoxy groups -OCH3 is 3. The van der Waals surface area contributed by atoms with Gasteiger partial charge in [0.15, 0.2) is 22.1 Å². The molecular formula is C28H32F2N6O6S. The zero-order chi connectivity index (χ0) is 30.5. The molecule has 4 aromatic rings. The number of sulfonamides is 1. The van der Waals surface area contributed by atoms with E-state index >= 15 is 0 Å². The molecule has 12 nitrogen and oxygen atoms in total. The number of nitrogens with one attached hydrogen (secondary N) is 3. The molecule has 2 aromatic heterocycles. The molecule has 1 saturated carbocycles. The van der Waals surface area contributed by atoms with Crippen molar-refractivity contribution < 1.29 is 35.9 Å². The van der Waals surface area contributed by atoms with Crippen LogP contribution in [-0.2, 0) is 10.0 Å². The van der Waals surface area contributed by atoms with E-state index in [-0.39, 0.29) is 52.9 Å².